The van der Waals surface area contributed by atoms with Crippen LogP contribution >= 0.6 is 15.9 Å². The van der Waals surface area contributed by atoms with Crippen LogP contribution in [0.25, 0.3) is 0 Å². The molecule has 1 saturated heterocycles. The maximum atomic E-state index is 12.8. The van der Waals surface area contributed by atoms with Gasteiger partial charge in [0.25, 0.3) is 0 Å². The Morgan fingerprint density at radius 2 is 1.95 bits per heavy atom. The fourth-order valence-electron chi connectivity index (χ4n) is 2.52. The van der Waals surface area contributed by atoms with E-state index in [1.54, 1.807) is 6.07 Å². The molecule has 6 nitrogen and oxygen atoms in total. The molecule has 0 spiro atoms. The smallest absolute Gasteiger partial charge is 0.244 e. The number of sulfonamides is 1. The summed E-state index contributed by atoms with van der Waals surface area (Å²) in [7, 11) is -0.641. The molecule has 2 rings (SSSR count). The average Bonchev–Trinajstić information content (AvgIpc) is 2.95. The second kappa shape index (κ2) is 6.51. The van der Waals surface area contributed by atoms with Gasteiger partial charge in [-0.3, -0.25) is 0 Å². The number of hydrogen-bond acceptors (Lipinski definition) is 5. The molecule has 1 aromatic rings. The Morgan fingerprint density at radius 1 is 1.33 bits per heavy atom. The van der Waals surface area contributed by atoms with Crippen LogP contribution in [-0.4, -0.2) is 46.1 Å². The molecule has 0 bridgehead atoms. The molecule has 0 radical (unpaired) electrons. The predicted octanol–water partition coefficient (Wildman–Crippen LogP) is 1.58. The van der Waals surface area contributed by atoms with Gasteiger partial charge in [0.2, 0.25) is 10.0 Å². The van der Waals surface area contributed by atoms with Crippen molar-refractivity contribution < 1.29 is 17.9 Å². The minimum absolute atomic E-state index is 0.144. The molecule has 1 aromatic carbocycles. The van der Waals surface area contributed by atoms with E-state index in [9.17, 15) is 8.42 Å². The number of hydrogen-bond donors (Lipinski definition) is 1. The van der Waals surface area contributed by atoms with Gasteiger partial charge in [0.1, 0.15) is 4.90 Å². The van der Waals surface area contributed by atoms with Crippen LogP contribution in [0.15, 0.2) is 21.5 Å². The van der Waals surface area contributed by atoms with E-state index in [1.807, 2.05) is 0 Å². The van der Waals surface area contributed by atoms with Crippen molar-refractivity contribution in [2.75, 3.05) is 27.3 Å². The molecule has 0 saturated carbocycles. The Balaban J connectivity index is 2.49. The molecule has 1 aliphatic rings. The van der Waals surface area contributed by atoms with Crippen LogP contribution in [0.2, 0.25) is 0 Å². The summed E-state index contributed by atoms with van der Waals surface area (Å²) >= 11 is 3.30. The first-order valence-electron chi connectivity index (χ1n) is 6.59. The Kier molecular flexibility index (Phi) is 5.13. The number of nitrogens with zero attached hydrogens (tertiary/aromatic N) is 1. The van der Waals surface area contributed by atoms with Crippen LogP contribution in [0.5, 0.6) is 11.5 Å². The highest BCUT2D eigenvalue weighted by molar-refractivity contribution is 9.10. The number of benzene rings is 1. The van der Waals surface area contributed by atoms with Gasteiger partial charge in [0, 0.05) is 29.7 Å². The number of nitrogens with two attached hydrogens (primary N) is 1. The van der Waals surface area contributed by atoms with Crippen molar-refractivity contribution in [2.24, 2.45) is 5.73 Å². The van der Waals surface area contributed by atoms with E-state index in [1.165, 1.54) is 24.6 Å². The largest absolute Gasteiger partial charge is 0.493 e. The molecule has 0 unspecified atom stereocenters. The molecule has 118 valence electrons. The molecule has 0 aliphatic carbocycles. The van der Waals surface area contributed by atoms with Gasteiger partial charge in [-0.15, -0.1) is 0 Å². The zero-order valence-corrected chi connectivity index (χ0v) is 14.4. The molecular weight excluding hydrogens is 360 g/mol. The number of rotatable bonds is 5. The van der Waals surface area contributed by atoms with Crippen molar-refractivity contribution in [1.82, 2.24) is 4.31 Å². The monoisotopic (exact) mass is 378 g/mol. The number of ether oxygens (including phenoxy) is 2. The fourth-order valence-corrected chi connectivity index (χ4v) is 5.22. The molecule has 2 N–H and O–H groups in total. The van der Waals surface area contributed by atoms with E-state index >= 15 is 0 Å². The summed E-state index contributed by atoms with van der Waals surface area (Å²) in [6.45, 7) is 0.815. The summed E-state index contributed by atoms with van der Waals surface area (Å²) in [4.78, 5) is 0.167. The van der Waals surface area contributed by atoms with Gasteiger partial charge in [-0.25, -0.2) is 8.42 Å². The van der Waals surface area contributed by atoms with E-state index < -0.39 is 10.0 Å². The van der Waals surface area contributed by atoms with Crippen molar-refractivity contribution in [3.8, 4) is 11.5 Å². The van der Waals surface area contributed by atoms with E-state index in [0.717, 1.165) is 12.8 Å². The normalized spacial score (nSPS) is 19.7. The van der Waals surface area contributed by atoms with Gasteiger partial charge in [-0.1, -0.05) is 0 Å². The maximum Gasteiger partial charge on any atom is 0.244 e. The number of methoxy groups -OCH3 is 2. The first-order valence-corrected chi connectivity index (χ1v) is 8.82. The molecule has 8 heteroatoms. The maximum absolute atomic E-state index is 12.8. The minimum atomic E-state index is -3.62. The summed E-state index contributed by atoms with van der Waals surface area (Å²) in [6.07, 6.45) is 1.62. The zero-order chi connectivity index (χ0) is 15.6. The SMILES string of the molecule is COc1cc(Br)c(S(=O)(=O)N2CCC[C@@H]2CN)cc1OC. The van der Waals surface area contributed by atoms with Gasteiger partial charge in [-0.05, 0) is 34.8 Å². The van der Waals surface area contributed by atoms with E-state index in [0.29, 0.717) is 29.1 Å². The third-order valence-electron chi connectivity index (χ3n) is 3.62. The topological polar surface area (TPSA) is 81.9 Å². The quantitative estimate of drug-likeness (QED) is 0.840. The lowest BCUT2D eigenvalue weighted by Crippen LogP contribution is -2.39. The van der Waals surface area contributed by atoms with Crippen molar-refractivity contribution in [1.29, 1.82) is 0 Å². The van der Waals surface area contributed by atoms with Crippen LogP contribution in [0.1, 0.15) is 12.8 Å². The average molecular weight is 379 g/mol. The highest BCUT2D eigenvalue weighted by Crippen LogP contribution is 2.38. The van der Waals surface area contributed by atoms with Gasteiger partial charge < -0.3 is 15.2 Å². The standard InChI is InChI=1S/C13H19BrN2O4S/c1-19-11-6-10(14)13(7-12(11)20-2)21(17,18)16-5-3-4-9(16)8-15/h6-7,9H,3-5,8,15H2,1-2H3/t9-/m1/s1. The first kappa shape index (κ1) is 16.5. The molecule has 1 heterocycles. The summed E-state index contributed by atoms with van der Waals surface area (Å²) in [5.41, 5.74) is 5.68. The van der Waals surface area contributed by atoms with Crippen molar-refractivity contribution in [2.45, 2.75) is 23.8 Å². The van der Waals surface area contributed by atoms with Gasteiger partial charge in [0.15, 0.2) is 11.5 Å². The first-order chi connectivity index (χ1) is 9.95. The molecule has 1 aliphatic heterocycles. The summed E-state index contributed by atoms with van der Waals surface area (Å²) in [6, 6.07) is 2.93. The molecule has 1 fully saturated rings. The number of halogens is 1. The molecule has 21 heavy (non-hydrogen) atoms. The highest BCUT2D eigenvalue weighted by Gasteiger charge is 2.36. The van der Waals surface area contributed by atoms with E-state index in [2.05, 4.69) is 15.9 Å². The Morgan fingerprint density at radius 3 is 2.52 bits per heavy atom. The molecule has 1 atom stereocenters. The van der Waals surface area contributed by atoms with E-state index in [-0.39, 0.29) is 10.9 Å². The van der Waals surface area contributed by atoms with Crippen LogP contribution in [0.3, 0.4) is 0 Å². The summed E-state index contributed by atoms with van der Waals surface area (Å²) in [5.74, 6) is 0.850. The summed E-state index contributed by atoms with van der Waals surface area (Å²) in [5, 5.41) is 0. The van der Waals surface area contributed by atoms with Gasteiger partial charge in [0.05, 0.1) is 14.2 Å². The zero-order valence-electron chi connectivity index (χ0n) is 12.0. The Hall–Kier alpha value is -0.830. The minimum Gasteiger partial charge on any atom is -0.493 e. The predicted molar refractivity (Wildman–Crippen MR) is 83.2 cm³/mol. The van der Waals surface area contributed by atoms with Gasteiger partial charge in [-0.2, -0.15) is 4.31 Å². The van der Waals surface area contributed by atoms with Crippen LogP contribution in [-0.2, 0) is 10.0 Å². The Bertz CT molecular complexity index is 621. The van der Waals surface area contributed by atoms with Crippen LogP contribution in [0, 0.1) is 0 Å². The Labute approximate surface area is 133 Å². The fraction of sp³-hybridized carbons (Fsp3) is 0.538. The summed E-state index contributed by atoms with van der Waals surface area (Å²) < 4.78 is 37.9. The van der Waals surface area contributed by atoms with Crippen molar-refractivity contribution >= 4 is 26.0 Å². The third-order valence-corrected chi connectivity index (χ3v) is 6.53. The third kappa shape index (κ3) is 3.03. The van der Waals surface area contributed by atoms with Crippen LogP contribution < -0.4 is 15.2 Å². The van der Waals surface area contributed by atoms with Gasteiger partial charge >= 0.3 is 0 Å². The molecule has 0 amide bonds. The second-order valence-corrected chi connectivity index (χ2v) is 7.50. The lowest BCUT2D eigenvalue weighted by molar-refractivity contribution is 0.352. The van der Waals surface area contributed by atoms with Crippen molar-refractivity contribution in [3.05, 3.63) is 16.6 Å². The van der Waals surface area contributed by atoms with Crippen LogP contribution in [0.4, 0.5) is 0 Å². The second-order valence-electron chi connectivity index (χ2n) is 4.79. The lowest BCUT2D eigenvalue weighted by Gasteiger charge is -2.24. The molecule has 0 aromatic heterocycles. The van der Waals surface area contributed by atoms with E-state index in [4.69, 9.17) is 15.2 Å². The highest BCUT2D eigenvalue weighted by atomic mass is 79.9. The van der Waals surface area contributed by atoms with Crippen molar-refractivity contribution in [3.63, 3.8) is 0 Å². The lowest BCUT2D eigenvalue weighted by atomic mass is 10.2. The molecular formula is C13H19BrN2O4S.